The summed E-state index contributed by atoms with van der Waals surface area (Å²) < 4.78 is 0. The van der Waals surface area contributed by atoms with Gasteiger partial charge in [-0.15, -0.1) is 11.3 Å². The molecule has 1 heterocycles. The van der Waals surface area contributed by atoms with Gasteiger partial charge in [-0.05, 0) is 43.0 Å². The van der Waals surface area contributed by atoms with Crippen molar-refractivity contribution in [3.8, 4) is 0 Å². The number of hydrogen-bond acceptors (Lipinski definition) is 3. The molecule has 0 fully saturated rings. The van der Waals surface area contributed by atoms with Crippen molar-refractivity contribution in [1.29, 1.82) is 0 Å². The summed E-state index contributed by atoms with van der Waals surface area (Å²) in [6, 6.07) is 4.20. The van der Waals surface area contributed by atoms with Gasteiger partial charge in [-0.25, -0.2) is 4.98 Å². The molecule has 1 aromatic carbocycles. The number of aromatic nitrogens is 1. The highest BCUT2D eigenvalue weighted by molar-refractivity contribution is 7.09. The molecule has 2 rings (SSSR count). The van der Waals surface area contributed by atoms with E-state index in [9.17, 15) is 5.11 Å². The molecular weight excluding hydrogens is 266 g/mol. The first-order valence-electron chi connectivity index (χ1n) is 6.92. The minimum atomic E-state index is -0.637. The maximum absolute atomic E-state index is 10.6. The minimum Gasteiger partial charge on any atom is -0.382 e. The predicted molar refractivity (Wildman–Crippen MR) is 85.5 cm³/mol. The van der Waals surface area contributed by atoms with Gasteiger partial charge < -0.3 is 5.11 Å². The van der Waals surface area contributed by atoms with Crippen molar-refractivity contribution in [3.05, 3.63) is 50.5 Å². The van der Waals surface area contributed by atoms with Crippen LogP contribution in [-0.4, -0.2) is 10.1 Å². The summed E-state index contributed by atoms with van der Waals surface area (Å²) in [4.78, 5) is 4.62. The molecule has 0 aliphatic rings. The van der Waals surface area contributed by atoms with Crippen molar-refractivity contribution in [1.82, 2.24) is 4.98 Å². The van der Waals surface area contributed by atoms with Crippen LogP contribution in [0.5, 0.6) is 0 Å². The minimum absolute atomic E-state index is 0.0286. The Morgan fingerprint density at radius 2 is 1.65 bits per heavy atom. The van der Waals surface area contributed by atoms with Crippen molar-refractivity contribution in [2.24, 2.45) is 0 Å². The Hall–Kier alpha value is -1.19. The third-order valence-corrected chi connectivity index (χ3v) is 4.91. The lowest BCUT2D eigenvalue weighted by molar-refractivity contribution is 0.215. The van der Waals surface area contributed by atoms with Gasteiger partial charge in [0.25, 0.3) is 0 Å². The lowest BCUT2D eigenvalue weighted by Crippen LogP contribution is -2.11. The van der Waals surface area contributed by atoms with E-state index in [0.29, 0.717) is 0 Å². The number of benzene rings is 1. The van der Waals surface area contributed by atoms with E-state index in [4.69, 9.17) is 0 Å². The van der Waals surface area contributed by atoms with Gasteiger partial charge in [0.15, 0.2) is 0 Å². The van der Waals surface area contributed by atoms with Crippen molar-refractivity contribution in [3.63, 3.8) is 0 Å². The predicted octanol–water partition coefficient (Wildman–Crippen LogP) is 4.45. The summed E-state index contributed by atoms with van der Waals surface area (Å²) in [5.41, 5.74) is 5.32. The number of thiazole rings is 1. The second-order valence-corrected chi connectivity index (χ2v) is 7.38. The van der Waals surface area contributed by atoms with Crippen molar-refractivity contribution >= 4 is 11.3 Å². The van der Waals surface area contributed by atoms with Crippen LogP contribution in [0.25, 0.3) is 0 Å². The molecule has 1 aromatic heterocycles. The zero-order valence-electron chi connectivity index (χ0n) is 13.1. The second-order valence-electron chi connectivity index (χ2n) is 6.52. The number of rotatable bonds is 2. The molecule has 0 spiro atoms. The van der Waals surface area contributed by atoms with E-state index in [0.717, 1.165) is 21.8 Å². The van der Waals surface area contributed by atoms with Gasteiger partial charge in [0.05, 0.1) is 10.7 Å². The van der Waals surface area contributed by atoms with E-state index in [2.05, 4.69) is 51.7 Å². The summed E-state index contributed by atoms with van der Waals surface area (Å²) in [5.74, 6) is 0. The number of aliphatic hydroxyl groups is 1. The van der Waals surface area contributed by atoms with Crippen LogP contribution in [0.15, 0.2) is 17.5 Å². The number of nitrogens with zero attached hydrogens (tertiary/aromatic N) is 1. The quantitative estimate of drug-likeness (QED) is 0.886. The average Bonchev–Trinajstić information content (AvgIpc) is 2.82. The zero-order valence-corrected chi connectivity index (χ0v) is 13.9. The molecule has 2 aromatic rings. The molecule has 3 heteroatoms. The highest BCUT2D eigenvalue weighted by atomic mass is 32.1. The molecule has 0 aliphatic carbocycles. The van der Waals surface area contributed by atoms with Crippen LogP contribution in [-0.2, 0) is 5.41 Å². The molecule has 20 heavy (non-hydrogen) atoms. The second kappa shape index (κ2) is 5.30. The Morgan fingerprint density at radius 3 is 2.20 bits per heavy atom. The topological polar surface area (TPSA) is 33.1 Å². The fourth-order valence-electron chi connectivity index (χ4n) is 2.19. The summed E-state index contributed by atoms with van der Waals surface area (Å²) in [5, 5.41) is 13.6. The maximum Gasteiger partial charge on any atom is 0.122 e. The Balaban J connectivity index is 2.39. The highest BCUT2D eigenvalue weighted by Gasteiger charge is 2.22. The van der Waals surface area contributed by atoms with E-state index in [1.807, 2.05) is 12.3 Å². The van der Waals surface area contributed by atoms with Crippen LogP contribution >= 0.6 is 11.3 Å². The molecule has 0 aliphatic heterocycles. The van der Waals surface area contributed by atoms with Gasteiger partial charge in [-0.1, -0.05) is 32.9 Å². The van der Waals surface area contributed by atoms with E-state index < -0.39 is 6.10 Å². The van der Waals surface area contributed by atoms with E-state index in [-0.39, 0.29) is 5.41 Å². The number of hydrogen-bond donors (Lipinski definition) is 1. The molecule has 2 nitrogen and oxygen atoms in total. The van der Waals surface area contributed by atoms with E-state index in [1.54, 1.807) is 11.3 Å². The fourth-order valence-corrected chi connectivity index (χ4v) is 3.12. The fraction of sp³-hybridized carbons (Fsp3) is 0.471. The summed E-state index contributed by atoms with van der Waals surface area (Å²) in [6.45, 7) is 12.6. The Kier molecular flexibility index (Phi) is 4.03. The Morgan fingerprint density at radius 1 is 1.05 bits per heavy atom. The van der Waals surface area contributed by atoms with E-state index in [1.165, 1.54) is 11.1 Å². The molecule has 1 unspecified atom stereocenters. The molecular formula is C17H23NOS. The molecule has 0 saturated heterocycles. The number of aliphatic hydroxyl groups excluding tert-OH is 1. The molecule has 0 radical (unpaired) electrons. The van der Waals surface area contributed by atoms with Crippen LogP contribution in [0.1, 0.15) is 59.8 Å². The summed E-state index contributed by atoms with van der Waals surface area (Å²) >= 11 is 1.62. The molecule has 1 atom stereocenters. The van der Waals surface area contributed by atoms with Crippen LogP contribution in [0.3, 0.4) is 0 Å². The lowest BCUT2D eigenvalue weighted by atomic mass is 9.95. The SMILES string of the molecule is Cc1cc(C)c(C(O)c2csc(C(C)(C)C)n2)cc1C. The summed E-state index contributed by atoms with van der Waals surface area (Å²) in [6.07, 6.45) is -0.637. The van der Waals surface area contributed by atoms with Gasteiger partial charge in [0, 0.05) is 10.8 Å². The van der Waals surface area contributed by atoms with Crippen molar-refractivity contribution < 1.29 is 5.11 Å². The standard InChI is InChI=1S/C17H23NOS/c1-10-7-12(3)13(8-11(10)2)15(19)14-9-20-16(18-14)17(4,5)6/h7-9,15,19H,1-6H3. The lowest BCUT2D eigenvalue weighted by Gasteiger charge is -2.16. The van der Waals surface area contributed by atoms with Gasteiger partial charge in [-0.2, -0.15) is 0 Å². The Bertz CT molecular complexity index is 622. The first kappa shape index (κ1) is 15.2. The van der Waals surface area contributed by atoms with Crippen LogP contribution in [0.4, 0.5) is 0 Å². The van der Waals surface area contributed by atoms with Crippen molar-refractivity contribution in [2.75, 3.05) is 0 Å². The summed E-state index contributed by atoms with van der Waals surface area (Å²) in [7, 11) is 0. The van der Waals surface area contributed by atoms with Gasteiger partial charge in [0.2, 0.25) is 0 Å². The maximum atomic E-state index is 10.6. The van der Waals surface area contributed by atoms with Crippen LogP contribution < -0.4 is 0 Å². The largest absolute Gasteiger partial charge is 0.382 e. The molecule has 1 N–H and O–H groups in total. The average molecular weight is 289 g/mol. The number of aryl methyl sites for hydroxylation is 3. The van der Waals surface area contributed by atoms with Crippen molar-refractivity contribution in [2.45, 2.75) is 53.1 Å². The van der Waals surface area contributed by atoms with Crippen LogP contribution in [0.2, 0.25) is 0 Å². The highest BCUT2D eigenvalue weighted by Crippen LogP contribution is 2.31. The molecule has 0 saturated carbocycles. The molecule has 0 bridgehead atoms. The first-order chi connectivity index (χ1) is 9.20. The first-order valence-corrected chi connectivity index (χ1v) is 7.80. The van der Waals surface area contributed by atoms with Gasteiger partial charge in [-0.3, -0.25) is 0 Å². The third-order valence-electron chi connectivity index (χ3n) is 3.62. The molecule has 0 amide bonds. The monoisotopic (exact) mass is 289 g/mol. The van der Waals surface area contributed by atoms with Gasteiger partial charge in [0.1, 0.15) is 6.10 Å². The third kappa shape index (κ3) is 2.94. The zero-order chi connectivity index (χ0) is 15.1. The smallest absolute Gasteiger partial charge is 0.122 e. The van der Waals surface area contributed by atoms with Gasteiger partial charge >= 0.3 is 0 Å². The molecule has 108 valence electrons. The Labute approximate surface area is 125 Å². The van der Waals surface area contributed by atoms with E-state index >= 15 is 0 Å². The van der Waals surface area contributed by atoms with Crippen LogP contribution in [0, 0.1) is 20.8 Å². The normalized spacial score (nSPS) is 13.6.